The van der Waals surface area contributed by atoms with E-state index in [2.05, 4.69) is 5.10 Å². The number of hydrogen-bond acceptors (Lipinski definition) is 5. The third-order valence-corrected chi connectivity index (χ3v) is 4.76. The zero-order valence-corrected chi connectivity index (χ0v) is 15.9. The fourth-order valence-electron chi connectivity index (χ4n) is 3.36. The van der Waals surface area contributed by atoms with Crippen LogP contribution in [0.2, 0.25) is 0 Å². The lowest BCUT2D eigenvalue weighted by Crippen LogP contribution is -2.33. The number of amides is 2. The Bertz CT molecular complexity index is 1050. The summed E-state index contributed by atoms with van der Waals surface area (Å²) in [5.74, 6) is -2.07. The van der Waals surface area contributed by atoms with Crippen molar-refractivity contribution in [2.24, 2.45) is 0 Å². The molecule has 1 aromatic heterocycles. The Morgan fingerprint density at radius 3 is 2.21 bits per heavy atom. The van der Waals surface area contributed by atoms with E-state index in [1.807, 2.05) is 37.3 Å². The summed E-state index contributed by atoms with van der Waals surface area (Å²) in [4.78, 5) is 42.9. The molecule has 2 amide bonds. The zero-order chi connectivity index (χ0) is 20.4. The largest absolute Gasteiger partial charge is 0.367 e. The minimum absolute atomic E-state index is 0.221. The van der Waals surface area contributed by atoms with Crippen molar-refractivity contribution < 1.29 is 19.2 Å². The summed E-state index contributed by atoms with van der Waals surface area (Å²) >= 11 is 0. The van der Waals surface area contributed by atoms with Gasteiger partial charge in [0, 0.05) is 0 Å². The molecule has 1 aliphatic rings. The zero-order valence-electron chi connectivity index (χ0n) is 15.9. The molecule has 3 aromatic rings. The van der Waals surface area contributed by atoms with Crippen LogP contribution in [0, 0.1) is 0 Å². The van der Waals surface area contributed by atoms with Crippen LogP contribution in [0.3, 0.4) is 0 Å². The Kier molecular flexibility index (Phi) is 4.95. The van der Waals surface area contributed by atoms with Gasteiger partial charge in [0.2, 0.25) is 0 Å². The van der Waals surface area contributed by atoms with Gasteiger partial charge in [0.15, 0.2) is 0 Å². The van der Waals surface area contributed by atoms with E-state index in [0.29, 0.717) is 23.7 Å². The highest BCUT2D eigenvalue weighted by Gasteiger charge is 2.39. The maximum Gasteiger partial charge on any atom is 0.367 e. The lowest BCUT2D eigenvalue weighted by Gasteiger charge is -2.13. The number of nitrogens with zero attached hydrogens (tertiary/aromatic N) is 3. The Balaban J connectivity index is 1.58. The van der Waals surface area contributed by atoms with Gasteiger partial charge in [-0.25, -0.2) is 4.79 Å². The molecule has 0 aliphatic carbocycles. The Morgan fingerprint density at radius 1 is 0.966 bits per heavy atom. The Labute approximate surface area is 167 Å². The summed E-state index contributed by atoms with van der Waals surface area (Å²) in [7, 11) is 0. The molecule has 0 spiro atoms. The molecule has 2 heterocycles. The number of imide groups is 1. The minimum atomic E-state index is -0.776. The summed E-state index contributed by atoms with van der Waals surface area (Å²) in [6.45, 7) is 2.51. The Hall–Kier alpha value is -3.74. The average Bonchev–Trinajstić information content (AvgIpc) is 3.24. The molecule has 0 atom stereocenters. The number of carbonyl (C=O) groups is 3. The topological polar surface area (TPSA) is 81.5 Å². The molecule has 7 nitrogen and oxygen atoms in total. The van der Waals surface area contributed by atoms with E-state index < -0.39 is 17.8 Å². The molecule has 0 N–H and O–H groups in total. The van der Waals surface area contributed by atoms with Crippen LogP contribution in [0.15, 0.2) is 60.8 Å². The third-order valence-electron chi connectivity index (χ3n) is 4.76. The lowest BCUT2D eigenvalue weighted by atomic mass is 10.1. The number of fused-ring (bicyclic) bond motifs is 1. The fourth-order valence-corrected chi connectivity index (χ4v) is 3.36. The van der Waals surface area contributed by atoms with Crippen molar-refractivity contribution >= 4 is 17.8 Å². The van der Waals surface area contributed by atoms with Gasteiger partial charge in [0.1, 0.15) is 5.56 Å². The van der Waals surface area contributed by atoms with E-state index in [1.165, 1.54) is 18.3 Å². The molecule has 0 fully saturated rings. The monoisotopic (exact) mass is 389 g/mol. The smallest absolute Gasteiger partial charge is 0.324 e. The number of rotatable bonds is 6. The highest BCUT2D eigenvalue weighted by Crippen LogP contribution is 2.24. The second-order valence-corrected chi connectivity index (χ2v) is 6.73. The lowest BCUT2D eigenvalue weighted by molar-refractivity contribution is -0.0585. The average molecular weight is 389 g/mol. The van der Waals surface area contributed by atoms with Crippen molar-refractivity contribution in [3.63, 3.8) is 0 Å². The molecule has 0 saturated heterocycles. The van der Waals surface area contributed by atoms with Crippen molar-refractivity contribution in [2.75, 3.05) is 0 Å². The molecule has 146 valence electrons. The molecular formula is C22H19N3O4. The quantitative estimate of drug-likeness (QED) is 0.605. The normalized spacial score (nSPS) is 12.9. The second kappa shape index (κ2) is 7.71. The molecule has 0 bridgehead atoms. The Morgan fingerprint density at radius 2 is 1.59 bits per heavy atom. The van der Waals surface area contributed by atoms with Gasteiger partial charge in [-0.15, -0.1) is 0 Å². The minimum Gasteiger partial charge on any atom is -0.324 e. The first-order valence-electron chi connectivity index (χ1n) is 9.39. The molecular weight excluding hydrogens is 370 g/mol. The van der Waals surface area contributed by atoms with Crippen LogP contribution >= 0.6 is 0 Å². The number of benzene rings is 2. The van der Waals surface area contributed by atoms with Gasteiger partial charge in [-0.2, -0.15) is 5.10 Å². The number of hydroxylamine groups is 2. The first-order chi connectivity index (χ1) is 14.1. The fraction of sp³-hybridized carbons (Fsp3) is 0.182. The summed E-state index contributed by atoms with van der Waals surface area (Å²) in [6.07, 6.45) is 2.83. The van der Waals surface area contributed by atoms with Gasteiger partial charge >= 0.3 is 5.97 Å². The van der Waals surface area contributed by atoms with E-state index in [4.69, 9.17) is 4.84 Å². The first-order valence-corrected chi connectivity index (χ1v) is 9.39. The summed E-state index contributed by atoms with van der Waals surface area (Å²) in [6, 6.07) is 16.1. The SMILES string of the molecule is CCCc1c(C(=O)ON2C(=O)c3ccccc3C2=O)cnn1Cc1ccccc1. The second-order valence-electron chi connectivity index (χ2n) is 6.73. The molecule has 2 aromatic carbocycles. The van der Waals surface area contributed by atoms with Crippen LogP contribution in [0.4, 0.5) is 0 Å². The van der Waals surface area contributed by atoms with Gasteiger partial charge in [-0.3, -0.25) is 14.3 Å². The van der Waals surface area contributed by atoms with Crippen LogP contribution in [0.5, 0.6) is 0 Å². The molecule has 0 saturated carbocycles. The van der Waals surface area contributed by atoms with Crippen molar-refractivity contribution in [1.82, 2.24) is 14.8 Å². The standard InChI is InChI=1S/C22H19N3O4/c1-2-8-19-18(13-23-24(19)14-15-9-4-3-5-10-15)22(28)29-25-20(26)16-11-6-7-12-17(16)21(25)27/h3-7,9-13H,2,8,14H2,1H3. The van der Waals surface area contributed by atoms with Crippen molar-refractivity contribution in [3.8, 4) is 0 Å². The van der Waals surface area contributed by atoms with Gasteiger partial charge in [0.25, 0.3) is 11.8 Å². The van der Waals surface area contributed by atoms with E-state index in [1.54, 1.807) is 16.8 Å². The number of carbonyl (C=O) groups excluding carboxylic acids is 3. The molecule has 0 radical (unpaired) electrons. The predicted octanol–water partition coefficient (Wildman–Crippen LogP) is 3.25. The maximum atomic E-state index is 12.8. The highest BCUT2D eigenvalue weighted by atomic mass is 16.7. The number of hydrogen-bond donors (Lipinski definition) is 0. The van der Waals surface area contributed by atoms with E-state index >= 15 is 0 Å². The van der Waals surface area contributed by atoms with Gasteiger partial charge < -0.3 is 4.84 Å². The third kappa shape index (κ3) is 3.42. The van der Waals surface area contributed by atoms with Crippen molar-refractivity contribution in [2.45, 2.75) is 26.3 Å². The van der Waals surface area contributed by atoms with Crippen molar-refractivity contribution in [1.29, 1.82) is 0 Å². The van der Waals surface area contributed by atoms with Crippen LogP contribution < -0.4 is 0 Å². The van der Waals surface area contributed by atoms with Gasteiger partial charge in [-0.1, -0.05) is 60.9 Å². The molecule has 4 rings (SSSR count). The molecule has 7 heteroatoms. The molecule has 29 heavy (non-hydrogen) atoms. The molecule has 1 aliphatic heterocycles. The number of aromatic nitrogens is 2. The summed E-state index contributed by atoms with van der Waals surface area (Å²) in [5.41, 5.74) is 2.45. The van der Waals surface area contributed by atoms with Crippen LogP contribution in [-0.2, 0) is 17.8 Å². The van der Waals surface area contributed by atoms with Gasteiger partial charge in [0.05, 0.1) is 29.6 Å². The summed E-state index contributed by atoms with van der Waals surface area (Å²) < 4.78 is 1.75. The molecule has 0 unspecified atom stereocenters. The predicted molar refractivity (Wildman–Crippen MR) is 104 cm³/mol. The van der Waals surface area contributed by atoms with Crippen LogP contribution in [-0.4, -0.2) is 32.6 Å². The summed E-state index contributed by atoms with van der Waals surface area (Å²) in [5, 5.41) is 4.86. The van der Waals surface area contributed by atoms with Crippen molar-refractivity contribution in [3.05, 3.63) is 88.7 Å². The van der Waals surface area contributed by atoms with Crippen LogP contribution in [0.1, 0.15) is 55.7 Å². The van der Waals surface area contributed by atoms with Crippen LogP contribution in [0.25, 0.3) is 0 Å². The van der Waals surface area contributed by atoms with Gasteiger partial charge in [-0.05, 0) is 24.1 Å². The maximum absolute atomic E-state index is 12.8. The van der Waals surface area contributed by atoms with E-state index in [0.717, 1.165) is 12.0 Å². The van der Waals surface area contributed by atoms with E-state index in [9.17, 15) is 14.4 Å². The van der Waals surface area contributed by atoms with E-state index in [-0.39, 0.29) is 16.7 Å². The first kappa shape index (κ1) is 18.6. The highest BCUT2D eigenvalue weighted by molar-refractivity contribution is 6.21.